The van der Waals surface area contributed by atoms with Crippen molar-refractivity contribution in [2.24, 2.45) is 4.99 Å². The second-order valence-electron chi connectivity index (χ2n) is 6.50. The lowest BCUT2D eigenvalue weighted by Gasteiger charge is -2.29. The zero-order chi connectivity index (χ0) is 18.8. The van der Waals surface area contributed by atoms with Gasteiger partial charge in [-0.05, 0) is 30.3 Å². The van der Waals surface area contributed by atoms with Crippen LogP contribution in [0.2, 0.25) is 0 Å². The van der Waals surface area contributed by atoms with Crippen molar-refractivity contribution in [1.82, 2.24) is 0 Å². The predicted octanol–water partition coefficient (Wildman–Crippen LogP) is 3.25. The maximum Gasteiger partial charge on any atom is 0.171 e. The first-order chi connectivity index (χ1) is 13.2. The van der Waals surface area contributed by atoms with Crippen LogP contribution in [0.5, 0.6) is 11.5 Å². The summed E-state index contributed by atoms with van der Waals surface area (Å²) >= 11 is 0. The number of para-hydroxylation sites is 1. The number of aliphatic imine (C=N–C) groups is 1. The van der Waals surface area contributed by atoms with Crippen molar-refractivity contribution in [3.05, 3.63) is 47.5 Å². The highest BCUT2D eigenvalue weighted by Crippen LogP contribution is 2.36. The Bertz CT molecular complexity index is 901. The largest absolute Gasteiger partial charge is 0.493 e. The summed E-state index contributed by atoms with van der Waals surface area (Å²) in [6.45, 7) is 3.09. The van der Waals surface area contributed by atoms with Crippen molar-refractivity contribution < 1.29 is 19.0 Å². The number of carbonyl (C=O) groups is 1. The molecule has 140 valence electrons. The number of hydrogen-bond donors (Lipinski definition) is 0. The summed E-state index contributed by atoms with van der Waals surface area (Å²) in [5.41, 5.74) is 3.89. The van der Waals surface area contributed by atoms with Crippen LogP contribution in [0.3, 0.4) is 0 Å². The van der Waals surface area contributed by atoms with Gasteiger partial charge in [0.05, 0.1) is 45.3 Å². The molecular weight excluding hydrogens is 344 g/mol. The average Bonchev–Trinajstić information content (AvgIpc) is 2.73. The van der Waals surface area contributed by atoms with Gasteiger partial charge in [0.15, 0.2) is 17.3 Å². The third-order valence-electron chi connectivity index (χ3n) is 4.95. The van der Waals surface area contributed by atoms with Gasteiger partial charge in [-0.1, -0.05) is 6.07 Å². The number of nitrogens with zero attached hydrogens (tertiary/aromatic N) is 2. The van der Waals surface area contributed by atoms with Crippen molar-refractivity contribution >= 4 is 22.9 Å². The van der Waals surface area contributed by atoms with E-state index in [9.17, 15) is 4.79 Å². The number of morpholine rings is 1. The molecule has 1 fully saturated rings. The maximum atomic E-state index is 12.9. The van der Waals surface area contributed by atoms with Gasteiger partial charge in [-0.25, -0.2) is 0 Å². The van der Waals surface area contributed by atoms with Crippen LogP contribution in [-0.2, 0) is 4.74 Å². The van der Waals surface area contributed by atoms with Crippen molar-refractivity contribution in [2.45, 2.75) is 6.42 Å². The van der Waals surface area contributed by atoms with Gasteiger partial charge < -0.3 is 19.1 Å². The van der Waals surface area contributed by atoms with E-state index in [2.05, 4.69) is 4.90 Å². The zero-order valence-corrected chi connectivity index (χ0v) is 15.5. The Morgan fingerprint density at radius 2 is 1.85 bits per heavy atom. The van der Waals surface area contributed by atoms with Crippen LogP contribution < -0.4 is 14.4 Å². The molecule has 2 aliphatic heterocycles. The standard InChI is InChI=1S/C21H22N2O4/c1-25-20-5-3-4-15(21(20)26-2)18-13-19(24)16-12-14(6-7-17(16)22-18)23-8-10-27-11-9-23/h3-7,12H,8-11,13H2,1-2H3. The van der Waals surface area contributed by atoms with Crippen LogP contribution in [0.15, 0.2) is 41.4 Å². The van der Waals surface area contributed by atoms with E-state index in [1.54, 1.807) is 14.2 Å². The lowest BCUT2D eigenvalue weighted by Crippen LogP contribution is -2.36. The lowest BCUT2D eigenvalue weighted by atomic mass is 9.95. The molecule has 4 rings (SSSR count). The van der Waals surface area contributed by atoms with Gasteiger partial charge in [0.25, 0.3) is 0 Å². The van der Waals surface area contributed by atoms with Crippen LogP contribution in [-0.4, -0.2) is 52.0 Å². The number of ketones is 1. The fourth-order valence-electron chi connectivity index (χ4n) is 3.57. The van der Waals surface area contributed by atoms with Crippen LogP contribution in [0.1, 0.15) is 22.3 Å². The third-order valence-corrected chi connectivity index (χ3v) is 4.95. The first-order valence-electron chi connectivity index (χ1n) is 9.00. The van der Waals surface area contributed by atoms with Crippen molar-refractivity contribution in [3.63, 3.8) is 0 Å². The number of rotatable bonds is 4. The summed E-state index contributed by atoms with van der Waals surface area (Å²) in [6, 6.07) is 11.5. The number of methoxy groups -OCH3 is 2. The summed E-state index contributed by atoms with van der Waals surface area (Å²) in [6.07, 6.45) is 0.239. The minimum atomic E-state index is 0.0648. The first kappa shape index (κ1) is 17.5. The molecule has 1 saturated heterocycles. The van der Waals surface area contributed by atoms with Crippen LogP contribution in [0.4, 0.5) is 11.4 Å². The molecule has 6 nitrogen and oxygen atoms in total. The third kappa shape index (κ3) is 3.28. The molecule has 0 N–H and O–H groups in total. The molecule has 0 saturated carbocycles. The number of hydrogen-bond acceptors (Lipinski definition) is 6. The molecule has 0 aliphatic carbocycles. The fourth-order valence-corrected chi connectivity index (χ4v) is 3.57. The highest BCUT2D eigenvalue weighted by atomic mass is 16.5. The summed E-state index contributed by atoms with van der Waals surface area (Å²) < 4.78 is 16.3. The lowest BCUT2D eigenvalue weighted by molar-refractivity contribution is 0.1000. The van der Waals surface area contributed by atoms with Gasteiger partial charge in [-0.3, -0.25) is 9.79 Å². The van der Waals surface area contributed by atoms with E-state index < -0.39 is 0 Å². The molecular formula is C21H22N2O4. The van der Waals surface area contributed by atoms with Gasteiger partial charge in [0, 0.05) is 29.9 Å². The van der Waals surface area contributed by atoms with Gasteiger partial charge in [-0.2, -0.15) is 0 Å². The maximum absolute atomic E-state index is 12.9. The van der Waals surface area contributed by atoms with Crippen molar-refractivity contribution in [1.29, 1.82) is 0 Å². The number of ether oxygens (including phenoxy) is 3. The van der Waals surface area contributed by atoms with E-state index in [1.807, 2.05) is 36.4 Å². The molecule has 0 bridgehead atoms. The van der Waals surface area contributed by atoms with E-state index in [4.69, 9.17) is 19.2 Å². The summed E-state index contributed by atoms with van der Waals surface area (Å²) in [7, 11) is 3.19. The normalized spacial score (nSPS) is 16.6. The molecule has 2 aromatic carbocycles. The number of fused-ring (bicyclic) bond motifs is 1. The first-order valence-corrected chi connectivity index (χ1v) is 9.00. The Labute approximate surface area is 158 Å². The van der Waals surface area contributed by atoms with Gasteiger partial charge >= 0.3 is 0 Å². The molecule has 0 radical (unpaired) electrons. The van der Waals surface area contributed by atoms with Gasteiger partial charge in [0.1, 0.15) is 0 Å². The van der Waals surface area contributed by atoms with Crippen molar-refractivity contribution in [2.75, 3.05) is 45.4 Å². The molecule has 0 unspecified atom stereocenters. The Morgan fingerprint density at radius 3 is 2.59 bits per heavy atom. The topological polar surface area (TPSA) is 60.4 Å². The molecule has 0 spiro atoms. The molecule has 2 heterocycles. The smallest absolute Gasteiger partial charge is 0.171 e. The highest BCUT2D eigenvalue weighted by Gasteiger charge is 2.25. The number of Topliss-reactive ketones (excluding diaryl/α,β-unsaturated/α-hetero) is 1. The van der Waals surface area contributed by atoms with E-state index >= 15 is 0 Å². The number of anilines is 1. The van der Waals surface area contributed by atoms with E-state index in [-0.39, 0.29) is 12.2 Å². The average molecular weight is 366 g/mol. The van der Waals surface area contributed by atoms with Crippen LogP contribution in [0.25, 0.3) is 0 Å². The van der Waals surface area contributed by atoms with Crippen LogP contribution in [0, 0.1) is 0 Å². The predicted molar refractivity (Wildman–Crippen MR) is 104 cm³/mol. The Balaban J connectivity index is 1.72. The molecule has 27 heavy (non-hydrogen) atoms. The Hall–Kier alpha value is -2.86. The molecule has 0 aromatic heterocycles. The van der Waals surface area contributed by atoms with Gasteiger partial charge in [0.2, 0.25) is 0 Å². The minimum absolute atomic E-state index is 0.0648. The van der Waals surface area contributed by atoms with E-state index in [0.29, 0.717) is 41.7 Å². The molecule has 6 heteroatoms. The molecule has 0 atom stereocenters. The highest BCUT2D eigenvalue weighted by molar-refractivity contribution is 6.22. The van der Waals surface area contributed by atoms with Crippen molar-refractivity contribution in [3.8, 4) is 11.5 Å². The Morgan fingerprint density at radius 1 is 1.04 bits per heavy atom. The summed E-state index contributed by atoms with van der Waals surface area (Å²) in [4.78, 5) is 19.9. The monoisotopic (exact) mass is 366 g/mol. The van der Waals surface area contributed by atoms with Crippen LogP contribution >= 0.6 is 0 Å². The molecule has 0 amide bonds. The Kier molecular flexibility index (Phi) is 4.81. The molecule has 2 aliphatic rings. The summed E-state index contributed by atoms with van der Waals surface area (Å²) in [5, 5.41) is 0. The van der Waals surface area contributed by atoms with Gasteiger partial charge in [-0.15, -0.1) is 0 Å². The fraction of sp³-hybridized carbons (Fsp3) is 0.333. The number of benzene rings is 2. The van der Waals surface area contributed by atoms with E-state index in [0.717, 1.165) is 24.3 Å². The summed E-state index contributed by atoms with van der Waals surface area (Å²) in [5.74, 6) is 1.29. The quantitative estimate of drug-likeness (QED) is 0.831. The second-order valence-corrected chi connectivity index (χ2v) is 6.50. The second kappa shape index (κ2) is 7.40. The molecule has 2 aromatic rings. The van der Waals surface area contributed by atoms with E-state index in [1.165, 1.54) is 0 Å². The minimum Gasteiger partial charge on any atom is -0.493 e. The zero-order valence-electron chi connectivity index (χ0n) is 15.5. The SMILES string of the molecule is COc1cccc(C2=Nc3ccc(N4CCOCC4)cc3C(=O)C2)c1OC. The number of carbonyl (C=O) groups excluding carboxylic acids is 1.